The van der Waals surface area contributed by atoms with E-state index in [0.717, 1.165) is 6.26 Å². The summed E-state index contributed by atoms with van der Waals surface area (Å²) in [5, 5.41) is 7.29. The van der Waals surface area contributed by atoms with Crippen molar-refractivity contribution in [2.75, 3.05) is 6.26 Å². The Balaban J connectivity index is 2.24. The highest BCUT2D eigenvalue weighted by Gasteiger charge is 2.08. The molecule has 0 fully saturated rings. The number of rotatable bonds is 4. The Bertz CT molecular complexity index is 737. The molecule has 0 bridgehead atoms. The first kappa shape index (κ1) is 14.1. The monoisotopic (exact) mass is 290 g/mol. The van der Waals surface area contributed by atoms with Crippen LogP contribution in [-0.2, 0) is 9.84 Å². The third kappa shape index (κ3) is 3.36. The average Bonchev–Trinajstić information content (AvgIpc) is 2.38. The van der Waals surface area contributed by atoms with Crippen LogP contribution >= 0.6 is 0 Å². The summed E-state index contributed by atoms with van der Waals surface area (Å²) in [6, 6.07) is 12.9. The second-order valence-electron chi connectivity index (χ2n) is 4.29. The third-order valence-electron chi connectivity index (χ3n) is 2.63. The maximum Gasteiger partial charge on any atom is 0.175 e. The highest BCUT2D eigenvalue weighted by atomic mass is 32.2. The first-order valence-corrected chi connectivity index (χ1v) is 7.68. The summed E-state index contributed by atoms with van der Waals surface area (Å²) in [7, 11) is -3.26. The summed E-state index contributed by atoms with van der Waals surface area (Å²) in [5.41, 5.74) is 5.96. The van der Waals surface area contributed by atoms with Gasteiger partial charge in [-0.2, -0.15) is 0 Å². The molecule has 6 heteroatoms. The Kier molecular flexibility index (Phi) is 3.76. The fourth-order valence-corrected chi connectivity index (χ4v) is 2.26. The van der Waals surface area contributed by atoms with Gasteiger partial charge in [0.15, 0.2) is 9.84 Å². The lowest BCUT2D eigenvalue weighted by Crippen LogP contribution is -2.10. The Labute approximate surface area is 117 Å². The molecule has 2 aromatic carbocycles. The second-order valence-corrected chi connectivity index (χ2v) is 6.30. The number of nitrogen functional groups attached to an aromatic ring is 1. The molecule has 0 aliphatic heterocycles. The second kappa shape index (κ2) is 5.34. The molecule has 3 N–H and O–H groups in total. The fourth-order valence-electron chi connectivity index (χ4n) is 1.61. The Hall–Kier alpha value is -2.34. The van der Waals surface area contributed by atoms with Crippen molar-refractivity contribution >= 4 is 15.7 Å². The summed E-state index contributed by atoms with van der Waals surface area (Å²) < 4.78 is 28.5. The SMILES string of the molecule is CS(=O)(=O)c1cccc(Oc2ccc(C(=N)N)cc2)c1. The normalized spacial score (nSPS) is 11.1. The molecule has 0 aliphatic rings. The van der Waals surface area contributed by atoms with Crippen LogP contribution in [0.5, 0.6) is 11.5 Å². The zero-order valence-corrected chi connectivity index (χ0v) is 11.6. The lowest BCUT2D eigenvalue weighted by atomic mass is 10.2. The number of hydrogen-bond acceptors (Lipinski definition) is 4. The molecule has 0 spiro atoms. The molecule has 0 amide bonds. The summed E-state index contributed by atoms with van der Waals surface area (Å²) in [6.45, 7) is 0. The first-order chi connectivity index (χ1) is 9.36. The number of nitrogens with two attached hydrogens (primary N) is 1. The van der Waals surface area contributed by atoms with Crippen LogP contribution in [-0.4, -0.2) is 20.5 Å². The van der Waals surface area contributed by atoms with E-state index in [9.17, 15) is 8.42 Å². The average molecular weight is 290 g/mol. The molecule has 0 radical (unpaired) electrons. The number of amidine groups is 1. The van der Waals surface area contributed by atoms with E-state index in [1.54, 1.807) is 36.4 Å². The van der Waals surface area contributed by atoms with Crippen LogP contribution in [0.2, 0.25) is 0 Å². The van der Waals surface area contributed by atoms with Crippen molar-refractivity contribution < 1.29 is 13.2 Å². The number of sulfone groups is 1. The van der Waals surface area contributed by atoms with Crippen LogP contribution < -0.4 is 10.5 Å². The number of ether oxygens (including phenoxy) is 1. The molecule has 0 saturated heterocycles. The molecule has 0 aromatic heterocycles. The van der Waals surface area contributed by atoms with Crippen LogP contribution in [0.25, 0.3) is 0 Å². The molecule has 20 heavy (non-hydrogen) atoms. The maximum absolute atomic E-state index is 11.5. The molecule has 0 saturated carbocycles. The van der Waals surface area contributed by atoms with E-state index < -0.39 is 9.84 Å². The summed E-state index contributed by atoms with van der Waals surface area (Å²) in [5.74, 6) is 0.958. The lowest BCUT2D eigenvalue weighted by Gasteiger charge is -2.07. The molecule has 0 aliphatic carbocycles. The van der Waals surface area contributed by atoms with Crippen molar-refractivity contribution in [3.05, 3.63) is 54.1 Å². The van der Waals surface area contributed by atoms with Gasteiger partial charge in [0.25, 0.3) is 0 Å². The van der Waals surface area contributed by atoms with Crippen molar-refractivity contribution in [3.8, 4) is 11.5 Å². The molecular weight excluding hydrogens is 276 g/mol. The maximum atomic E-state index is 11.5. The van der Waals surface area contributed by atoms with E-state index in [0.29, 0.717) is 17.1 Å². The van der Waals surface area contributed by atoms with Gasteiger partial charge in [-0.3, -0.25) is 5.41 Å². The van der Waals surface area contributed by atoms with Gasteiger partial charge in [-0.25, -0.2) is 8.42 Å². The van der Waals surface area contributed by atoms with Gasteiger partial charge in [0.2, 0.25) is 0 Å². The molecule has 2 aromatic rings. The largest absolute Gasteiger partial charge is 0.457 e. The zero-order valence-electron chi connectivity index (χ0n) is 10.8. The zero-order chi connectivity index (χ0) is 14.8. The predicted molar refractivity (Wildman–Crippen MR) is 77.1 cm³/mol. The summed E-state index contributed by atoms with van der Waals surface area (Å²) in [4.78, 5) is 0.204. The molecule has 5 nitrogen and oxygen atoms in total. The van der Waals surface area contributed by atoms with Crippen molar-refractivity contribution in [1.82, 2.24) is 0 Å². The van der Waals surface area contributed by atoms with E-state index >= 15 is 0 Å². The van der Waals surface area contributed by atoms with Gasteiger partial charge in [0, 0.05) is 11.8 Å². The minimum absolute atomic E-state index is 0.0179. The van der Waals surface area contributed by atoms with Crippen molar-refractivity contribution in [1.29, 1.82) is 5.41 Å². The lowest BCUT2D eigenvalue weighted by molar-refractivity contribution is 0.480. The topological polar surface area (TPSA) is 93.2 Å². The Morgan fingerprint density at radius 3 is 2.30 bits per heavy atom. The van der Waals surface area contributed by atoms with Gasteiger partial charge < -0.3 is 10.5 Å². The predicted octanol–water partition coefficient (Wildman–Crippen LogP) is 2.17. The van der Waals surface area contributed by atoms with Gasteiger partial charge in [-0.1, -0.05) is 6.07 Å². The molecule has 0 atom stereocenters. The standard InChI is InChI=1S/C14H14N2O3S/c1-20(17,18)13-4-2-3-12(9-13)19-11-7-5-10(6-8-11)14(15)16/h2-9H,1H3,(H3,15,16). The van der Waals surface area contributed by atoms with Crippen molar-refractivity contribution in [2.45, 2.75) is 4.90 Å². The third-order valence-corrected chi connectivity index (χ3v) is 3.74. The summed E-state index contributed by atoms with van der Waals surface area (Å²) in [6.07, 6.45) is 1.15. The molecule has 2 rings (SSSR count). The number of nitrogens with one attached hydrogen (secondary N) is 1. The van der Waals surface area contributed by atoms with E-state index in [1.165, 1.54) is 12.1 Å². The van der Waals surface area contributed by atoms with Gasteiger partial charge in [0.1, 0.15) is 17.3 Å². The van der Waals surface area contributed by atoms with Gasteiger partial charge in [-0.15, -0.1) is 0 Å². The number of benzene rings is 2. The summed E-state index contributed by atoms with van der Waals surface area (Å²) >= 11 is 0. The molecule has 0 unspecified atom stereocenters. The minimum Gasteiger partial charge on any atom is -0.457 e. The smallest absolute Gasteiger partial charge is 0.175 e. The van der Waals surface area contributed by atoms with Crippen LogP contribution in [0, 0.1) is 5.41 Å². The first-order valence-electron chi connectivity index (χ1n) is 5.79. The molecule has 104 valence electrons. The van der Waals surface area contributed by atoms with Crippen LogP contribution in [0.3, 0.4) is 0 Å². The van der Waals surface area contributed by atoms with Crippen LogP contribution in [0.1, 0.15) is 5.56 Å². The van der Waals surface area contributed by atoms with Gasteiger partial charge in [0.05, 0.1) is 4.90 Å². The highest BCUT2D eigenvalue weighted by molar-refractivity contribution is 7.90. The quantitative estimate of drug-likeness (QED) is 0.666. The van der Waals surface area contributed by atoms with E-state index in [-0.39, 0.29) is 10.7 Å². The van der Waals surface area contributed by atoms with E-state index in [4.69, 9.17) is 15.9 Å². The fraction of sp³-hybridized carbons (Fsp3) is 0.0714. The molecular formula is C14H14N2O3S. The Morgan fingerprint density at radius 2 is 1.75 bits per heavy atom. The van der Waals surface area contributed by atoms with Gasteiger partial charge >= 0.3 is 0 Å². The number of hydrogen-bond donors (Lipinski definition) is 2. The van der Waals surface area contributed by atoms with E-state index in [1.807, 2.05) is 0 Å². The van der Waals surface area contributed by atoms with Crippen LogP contribution in [0.15, 0.2) is 53.4 Å². The van der Waals surface area contributed by atoms with Crippen LogP contribution in [0.4, 0.5) is 0 Å². The van der Waals surface area contributed by atoms with E-state index in [2.05, 4.69) is 0 Å². The van der Waals surface area contributed by atoms with Gasteiger partial charge in [-0.05, 0) is 42.5 Å². The molecule has 0 heterocycles. The minimum atomic E-state index is -3.26. The Morgan fingerprint density at radius 1 is 1.10 bits per heavy atom. The van der Waals surface area contributed by atoms with Crippen molar-refractivity contribution in [3.63, 3.8) is 0 Å². The highest BCUT2D eigenvalue weighted by Crippen LogP contribution is 2.24. The van der Waals surface area contributed by atoms with Crippen molar-refractivity contribution in [2.24, 2.45) is 5.73 Å².